The van der Waals surface area contributed by atoms with Gasteiger partial charge in [-0.25, -0.2) is 9.97 Å². The van der Waals surface area contributed by atoms with Crippen LogP contribution in [0.1, 0.15) is 0 Å². The van der Waals surface area contributed by atoms with Gasteiger partial charge in [-0.1, -0.05) is 109 Å². The molecular formula is C48H28N4O. The molecule has 0 unspecified atom stereocenters. The van der Waals surface area contributed by atoms with Crippen molar-refractivity contribution in [2.45, 2.75) is 0 Å². The van der Waals surface area contributed by atoms with Crippen molar-refractivity contribution in [1.82, 2.24) is 14.5 Å². The highest BCUT2D eigenvalue weighted by Gasteiger charge is 2.30. The third-order valence-electron chi connectivity index (χ3n) is 10.9. The molecule has 0 saturated heterocycles. The van der Waals surface area contributed by atoms with Crippen molar-refractivity contribution in [1.29, 1.82) is 0 Å². The van der Waals surface area contributed by atoms with Gasteiger partial charge in [-0.3, -0.25) is 4.90 Å². The Kier molecular flexibility index (Phi) is 5.71. The lowest BCUT2D eigenvalue weighted by Crippen LogP contribution is -2.18. The molecule has 0 aliphatic carbocycles. The number of fused-ring (bicyclic) bond motifs is 9. The molecule has 5 nitrogen and oxygen atoms in total. The predicted molar refractivity (Wildman–Crippen MR) is 218 cm³/mol. The van der Waals surface area contributed by atoms with Gasteiger partial charge in [0.1, 0.15) is 16.8 Å². The summed E-state index contributed by atoms with van der Waals surface area (Å²) in [5.41, 5.74) is 11.9. The average Bonchev–Trinajstić information content (AvgIpc) is 3.76. The van der Waals surface area contributed by atoms with E-state index in [-0.39, 0.29) is 0 Å². The summed E-state index contributed by atoms with van der Waals surface area (Å²) in [5, 5.41) is 8.03. The van der Waals surface area contributed by atoms with Crippen LogP contribution in [-0.4, -0.2) is 14.5 Å². The van der Waals surface area contributed by atoms with Crippen LogP contribution in [0.25, 0.3) is 93.5 Å². The summed E-state index contributed by atoms with van der Waals surface area (Å²) in [5.74, 6) is 0.601. The van der Waals surface area contributed by atoms with Crippen LogP contribution in [-0.2, 0) is 0 Å². The zero-order valence-electron chi connectivity index (χ0n) is 28.4. The maximum Gasteiger partial charge on any atom is 0.236 e. The molecule has 0 bridgehead atoms. The minimum Gasteiger partial charge on any atom is -0.452 e. The zero-order chi connectivity index (χ0) is 34.6. The molecule has 0 amide bonds. The van der Waals surface area contributed by atoms with E-state index in [2.05, 4.69) is 161 Å². The summed E-state index contributed by atoms with van der Waals surface area (Å²) >= 11 is 0. The number of furan rings is 1. The fourth-order valence-electron chi connectivity index (χ4n) is 8.56. The Labute approximate surface area is 303 Å². The molecule has 246 valence electrons. The number of benzene rings is 8. The second kappa shape index (κ2) is 10.6. The van der Waals surface area contributed by atoms with Crippen molar-refractivity contribution in [3.05, 3.63) is 170 Å². The highest BCUT2D eigenvalue weighted by molar-refractivity contribution is 6.16. The Morgan fingerprint density at radius 1 is 0.472 bits per heavy atom. The van der Waals surface area contributed by atoms with Crippen molar-refractivity contribution in [2.75, 3.05) is 4.90 Å². The van der Waals surface area contributed by atoms with Gasteiger partial charge >= 0.3 is 0 Å². The van der Waals surface area contributed by atoms with Crippen molar-refractivity contribution in [2.24, 2.45) is 0 Å². The molecule has 0 spiro atoms. The fourth-order valence-corrected chi connectivity index (χ4v) is 8.56. The molecule has 5 heteroatoms. The molecule has 11 aromatic rings. The predicted octanol–water partition coefficient (Wildman–Crippen LogP) is 12.9. The minimum absolute atomic E-state index is 0.601. The van der Waals surface area contributed by atoms with Gasteiger partial charge in [0.25, 0.3) is 0 Å². The minimum atomic E-state index is 0.601. The van der Waals surface area contributed by atoms with E-state index >= 15 is 0 Å². The van der Waals surface area contributed by atoms with Crippen LogP contribution in [0.15, 0.2) is 174 Å². The van der Waals surface area contributed by atoms with Gasteiger partial charge in [-0.15, -0.1) is 0 Å². The summed E-state index contributed by atoms with van der Waals surface area (Å²) in [6.07, 6.45) is 0. The van der Waals surface area contributed by atoms with E-state index < -0.39 is 0 Å². The van der Waals surface area contributed by atoms with Gasteiger partial charge in [0.2, 0.25) is 5.95 Å². The normalized spacial score (nSPS) is 12.5. The Bertz CT molecular complexity index is 3300. The monoisotopic (exact) mass is 676 g/mol. The third kappa shape index (κ3) is 4.02. The van der Waals surface area contributed by atoms with Crippen LogP contribution in [0.2, 0.25) is 0 Å². The molecular weight excluding hydrogens is 649 g/mol. The van der Waals surface area contributed by atoms with Gasteiger partial charge in [0.15, 0.2) is 5.58 Å². The molecule has 4 heterocycles. The zero-order valence-corrected chi connectivity index (χ0v) is 28.4. The van der Waals surface area contributed by atoms with E-state index in [4.69, 9.17) is 14.4 Å². The molecule has 0 radical (unpaired) electrons. The second-order valence-corrected chi connectivity index (χ2v) is 13.8. The van der Waals surface area contributed by atoms with Gasteiger partial charge < -0.3 is 8.98 Å². The summed E-state index contributed by atoms with van der Waals surface area (Å²) in [6, 6.07) is 60.2. The first-order valence-corrected chi connectivity index (χ1v) is 17.9. The lowest BCUT2D eigenvalue weighted by Gasteiger charge is -2.32. The summed E-state index contributed by atoms with van der Waals surface area (Å²) in [6.45, 7) is 0. The van der Waals surface area contributed by atoms with E-state index in [9.17, 15) is 0 Å². The first kappa shape index (κ1) is 28.5. The maximum absolute atomic E-state index is 6.65. The van der Waals surface area contributed by atoms with Crippen LogP contribution < -0.4 is 4.90 Å². The molecule has 0 atom stereocenters. The van der Waals surface area contributed by atoms with Crippen LogP contribution in [0.3, 0.4) is 0 Å². The van der Waals surface area contributed by atoms with E-state index in [0.29, 0.717) is 11.5 Å². The third-order valence-corrected chi connectivity index (χ3v) is 10.9. The molecule has 53 heavy (non-hydrogen) atoms. The number of rotatable bonds is 3. The van der Waals surface area contributed by atoms with E-state index in [1.165, 1.54) is 27.1 Å². The first-order valence-electron chi connectivity index (χ1n) is 17.9. The largest absolute Gasteiger partial charge is 0.452 e. The van der Waals surface area contributed by atoms with Crippen molar-refractivity contribution in [3.8, 4) is 28.1 Å². The molecule has 1 aliphatic heterocycles. The lowest BCUT2D eigenvalue weighted by molar-refractivity contribution is 0.667. The smallest absolute Gasteiger partial charge is 0.236 e. The van der Waals surface area contributed by atoms with Gasteiger partial charge in [-0.2, -0.15) is 0 Å². The molecule has 8 aromatic carbocycles. The number of hydrogen-bond acceptors (Lipinski definition) is 4. The van der Waals surface area contributed by atoms with Crippen LogP contribution in [0.4, 0.5) is 17.3 Å². The quantitative estimate of drug-likeness (QED) is 0.187. The highest BCUT2D eigenvalue weighted by atomic mass is 16.3. The molecule has 0 N–H and O–H groups in total. The Hall–Kier alpha value is -7.24. The Morgan fingerprint density at radius 2 is 1.19 bits per heavy atom. The van der Waals surface area contributed by atoms with Crippen molar-refractivity contribution < 1.29 is 4.42 Å². The SMILES string of the molecule is c1ccc(-n2c3ccccc3c3cc(-c4nc(N5c6cc7ccccc7cc6-c6cccc7cccc5c67)nc5c4oc4ccccc45)ccc32)cc1. The van der Waals surface area contributed by atoms with E-state index in [1.54, 1.807) is 0 Å². The summed E-state index contributed by atoms with van der Waals surface area (Å²) in [4.78, 5) is 13.1. The number of aromatic nitrogens is 3. The van der Waals surface area contributed by atoms with Gasteiger partial charge in [0.05, 0.1) is 22.4 Å². The van der Waals surface area contributed by atoms with Crippen LogP contribution >= 0.6 is 0 Å². The van der Waals surface area contributed by atoms with E-state index in [1.807, 2.05) is 18.2 Å². The lowest BCUT2D eigenvalue weighted by atomic mass is 9.89. The number of para-hydroxylation sites is 3. The standard InChI is InChI=1S/C48H28N4O/c1-2-16-33(17-3-1)51-39-21-8-6-18-34(39)37-27-32(24-25-40(37)51)45-47-46(36-19-7-9-23-43(36)53-47)50-48(49-45)52-41-22-11-15-29-14-10-20-35(44(29)41)38-26-30-12-4-5-13-31(30)28-42(38)52/h1-28H. The summed E-state index contributed by atoms with van der Waals surface area (Å²) < 4.78 is 8.98. The second-order valence-electron chi connectivity index (χ2n) is 13.8. The van der Waals surface area contributed by atoms with Gasteiger partial charge in [-0.05, 0) is 82.4 Å². The Balaban J connectivity index is 1.17. The highest BCUT2D eigenvalue weighted by Crippen LogP contribution is 2.52. The number of nitrogens with zero attached hydrogens (tertiary/aromatic N) is 4. The molecule has 0 fully saturated rings. The van der Waals surface area contributed by atoms with E-state index in [0.717, 1.165) is 72.2 Å². The van der Waals surface area contributed by atoms with Crippen molar-refractivity contribution in [3.63, 3.8) is 0 Å². The molecule has 3 aromatic heterocycles. The number of anilines is 3. The fraction of sp³-hybridized carbons (Fsp3) is 0. The average molecular weight is 677 g/mol. The van der Waals surface area contributed by atoms with Crippen LogP contribution in [0.5, 0.6) is 0 Å². The molecule has 1 aliphatic rings. The molecule has 12 rings (SSSR count). The summed E-state index contributed by atoms with van der Waals surface area (Å²) in [7, 11) is 0. The maximum atomic E-state index is 6.65. The van der Waals surface area contributed by atoms with Crippen molar-refractivity contribution >= 4 is 82.7 Å². The van der Waals surface area contributed by atoms with Crippen LogP contribution in [0, 0.1) is 0 Å². The molecule has 0 saturated carbocycles. The van der Waals surface area contributed by atoms with Gasteiger partial charge in [0, 0.05) is 38.4 Å². The first-order chi connectivity index (χ1) is 26.3. The Morgan fingerprint density at radius 3 is 2.08 bits per heavy atom. The number of hydrogen-bond donors (Lipinski definition) is 0. The topological polar surface area (TPSA) is 47.1 Å².